The lowest BCUT2D eigenvalue weighted by Gasteiger charge is -2.41. The van der Waals surface area contributed by atoms with Gasteiger partial charge in [-0.15, -0.1) is 0 Å². The maximum Gasteiger partial charge on any atom is 0.221 e. The molecule has 0 radical (unpaired) electrons. The van der Waals surface area contributed by atoms with Crippen LogP contribution in [-0.2, 0) is 9.53 Å². The number of ether oxygens (including phenoxy) is 1. The molecule has 0 aromatic carbocycles. The first kappa shape index (κ1) is 15.3. The van der Waals surface area contributed by atoms with Crippen molar-refractivity contribution >= 4 is 5.91 Å². The molecule has 1 aliphatic heterocycles. The summed E-state index contributed by atoms with van der Waals surface area (Å²) in [4.78, 5) is 12.7. The largest absolute Gasteiger partial charge is 0.393 e. The molecule has 0 saturated carbocycles. The number of rotatable bonds is 4. The monoisotopic (exact) mass is 263 g/mol. The molecule has 18 heavy (non-hydrogen) atoms. The van der Waals surface area contributed by atoms with Gasteiger partial charge in [-0.25, -0.2) is 0 Å². The minimum atomic E-state index is -1.37. The van der Waals surface area contributed by atoms with Crippen LogP contribution in [0.2, 0.25) is 0 Å². The van der Waals surface area contributed by atoms with Gasteiger partial charge in [-0.1, -0.05) is 0 Å². The molecule has 1 saturated heterocycles. The van der Waals surface area contributed by atoms with Gasteiger partial charge in [0.05, 0.1) is 12.7 Å². The first-order valence-corrected chi connectivity index (χ1v) is 5.95. The van der Waals surface area contributed by atoms with Gasteiger partial charge in [-0.3, -0.25) is 4.79 Å². The molecule has 5 atom stereocenters. The van der Waals surface area contributed by atoms with E-state index in [1.54, 1.807) is 6.92 Å². The molecule has 106 valence electrons. The van der Waals surface area contributed by atoms with Gasteiger partial charge in [0.1, 0.15) is 18.3 Å². The predicted molar refractivity (Wildman–Crippen MR) is 61.4 cm³/mol. The number of aliphatic hydroxyl groups excluding tert-OH is 4. The fourth-order valence-corrected chi connectivity index (χ4v) is 1.85. The highest BCUT2D eigenvalue weighted by Gasteiger charge is 2.41. The molecule has 7 nitrogen and oxygen atoms in total. The zero-order chi connectivity index (χ0) is 13.9. The van der Waals surface area contributed by atoms with Crippen LogP contribution in [0, 0.1) is 0 Å². The highest BCUT2D eigenvalue weighted by Crippen LogP contribution is 2.19. The summed E-state index contributed by atoms with van der Waals surface area (Å²) in [6.45, 7) is 2.96. The van der Waals surface area contributed by atoms with Crippen molar-refractivity contribution in [3.8, 4) is 0 Å². The molecular formula is C11H21NO6. The third-order valence-corrected chi connectivity index (χ3v) is 2.97. The van der Waals surface area contributed by atoms with E-state index < -0.39 is 30.6 Å². The Labute approximate surface area is 106 Å². The van der Waals surface area contributed by atoms with Crippen molar-refractivity contribution in [2.45, 2.75) is 50.9 Å². The van der Waals surface area contributed by atoms with Gasteiger partial charge in [0.2, 0.25) is 5.91 Å². The molecule has 1 fully saturated rings. The average molecular weight is 263 g/mol. The van der Waals surface area contributed by atoms with E-state index in [2.05, 4.69) is 0 Å². The Morgan fingerprint density at radius 2 is 2.00 bits per heavy atom. The van der Waals surface area contributed by atoms with E-state index in [0.717, 1.165) is 0 Å². The Morgan fingerprint density at radius 1 is 1.39 bits per heavy atom. The summed E-state index contributed by atoms with van der Waals surface area (Å²) in [5.41, 5.74) is 0. The molecule has 0 aromatic heterocycles. The Morgan fingerprint density at radius 3 is 2.50 bits per heavy atom. The zero-order valence-corrected chi connectivity index (χ0v) is 10.6. The molecule has 0 aliphatic carbocycles. The van der Waals surface area contributed by atoms with Gasteiger partial charge in [0.25, 0.3) is 0 Å². The number of carbonyl (C=O) groups is 1. The second-order valence-corrected chi connectivity index (χ2v) is 4.62. The molecule has 1 amide bonds. The quantitative estimate of drug-likeness (QED) is 0.469. The highest BCUT2D eigenvalue weighted by molar-refractivity contribution is 5.73. The zero-order valence-electron chi connectivity index (χ0n) is 10.6. The van der Waals surface area contributed by atoms with Gasteiger partial charge < -0.3 is 30.1 Å². The van der Waals surface area contributed by atoms with Crippen LogP contribution in [-0.4, -0.2) is 75.0 Å². The van der Waals surface area contributed by atoms with E-state index in [1.807, 2.05) is 0 Å². The van der Waals surface area contributed by atoms with E-state index in [1.165, 1.54) is 11.8 Å². The average Bonchev–Trinajstić information content (AvgIpc) is 2.28. The Bertz CT molecular complexity index is 285. The van der Waals surface area contributed by atoms with Crippen LogP contribution in [0.5, 0.6) is 0 Å². The van der Waals surface area contributed by atoms with E-state index in [9.17, 15) is 25.2 Å². The normalized spacial score (nSPS) is 34.1. The molecule has 1 aliphatic rings. The smallest absolute Gasteiger partial charge is 0.221 e. The van der Waals surface area contributed by atoms with E-state index in [4.69, 9.17) is 4.74 Å². The molecule has 0 spiro atoms. The van der Waals surface area contributed by atoms with Crippen molar-refractivity contribution in [1.29, 1.82) is 0 Å². The van der Waals surface area contributed by atoms with Gasteiger partial charge in [-0.2, -0.15) is 0 Å². The number of nitrogens with zero attached hydrogens (tertiary/aromatic N) is 1. The number of amides is 1. The molecule has 7 heteroatoms. The number of carbonyl (C=O) groups excluding carboxylic acids is 1. The standard InChI is InChI=1S/C11H21NO6/c1-6(13)3-4-12(7(2)14)11-10(17)9(16)8(15)5-18-11/h6,8-11,13,15-17H,3-5H2,1-2H3/t6-,8+,9+,10+,11+/m0/s1. The van der Waals surface area contributed by atoms with Crippen molar-refractivity contribution in [2.75, 3.05) is 13.2 Å². The predicted octanol–water partition coefficient (Wildman–Crippen LogP) is -1.96. The first-order valence-electron chi connectivity index (χ1n) is 5.95. The van der Waals surface area contributed by atoms with Crippen molar-refractivity contribution < 1.29 is 30.0 Å². The summed E-state index contributed by atoms with van der Waals surface area (Å²) < 4.78 is 5.19. The van der Waals surface area contributed by atoms with Gasteiger partial charge in [-0.05, 0) is 13.3 Å². The minimum Gasteiger partial charge on any atom is -0.393 e. The van der Waals surface area contributed by atoms with Crippen LogP contribution in [0.25, 0.3) is 0 Å². The fraction of sp³-hybridized carbons (Fsp3) is 0.909. The van der Waals surface area contributed by atoms with Crippen LogP contribution >= 0.6 is 0 Å². The third kappa shape index (κ3) is 3.63. The number of aliphatic hydroxyl groups is 4. The SMILES string of the molecule is CC(=O)N(CC[C@H](C)O)[C@@H]1OC[C@@H](O)[C@@H](O)[C@H]1O. The van der Waals surface area contributed by atoms with Crippen molar-refractivity contribution in [2.24, 2.45) is 0 Å². The van der Waals surface area contributed by atoms with E-state index >= 15 is 0 Å². The second kappa shape index (κ2) is 6.44. The van der Waals surface area contributed by atoms with Crippen LogP contribution in [0.4, 0.5) is 0 Å². The molecule has 1 rings (SSSR count). The van der Waals surface area contributed by atoms with Gasteiger partial charge in [0, 0.05) is 13.5 Å². The molecule has 0 aromatic rings. The molecule has 4 N–H and O–H groups in total. The Hall–Kier alpha value is -0.730. The minimum absolute atomic E-state index is 0.151. The van der Waals surface area contributed by atoms with Gasteiger partial charge in [0.15, 0.2) is 6.23 Å². The van der Waals surface area contributed by atoms with Gasteiger partial charge >= 0.3 is 0 Å². The van der Waals surface area contributed by atoms with Crippen molar-refractivity contribution in [3.05, 3.63) is 0 Å². The fourth-order valence-electron chi connectivity index (χ4n) is 1.85. The topological polar surface area (TPSA) is 110 Å². The Balaban J connectivity index is 2.70. The summed E-state index contributed by atoms with van der Waals surface area (Å²) >= 11 is 0. The van der Waals surface area contributed by atoms with Crippen LogP contribution < -0.4 is 0 Å². The summed E-state index contributed by atoms with van der Waals surface area (Å²) in [5.74, 6) is -0.330. The first-order chi connectivity index (χ1) is 8.34. The lowest BCUT2D eigenvalue weighted by molar-refractivity contribution is -0.227. The number of hydrogen-bond acceptors (Lipinski definition) is 6. The molecular weight excluding hydrogens is 242 g/mol. The van der Waals surface area contributed by atoms with E-state index in [0.29, 0.717) is 6.42 Å². The van der Waals surface area contributed by atoms with Crippen LogP contribution in [0.15, 0.2) is 0 Å². The Kier molecular flexibility index (Phi) is 5.48. The van der Waals surface area contributed by atoms with Crippen molar-refractivity contribution in [1.82, 2.24) is 4.90 Å². The van der Waals surface area contributed by atoms with Crippen LogP contribution in [0.3, 0.4) is 0 Å². The maximum atomic E-state index is 11.5. The molecule has 0 bridgehead atoms. The lowest BCUT2D eigenvalue weighted by atomic mass is 10.0. The van der Waals surface area contributed by atoms with E-state index in [-0.39, 0.29) is 19.1 Å². The maximum absolute atomic E-state index is 11.5. The summed E-state index contributed by atoms with van der Waals surface area (Å²) in [7, 11) is 0. The molecule has 1 heterocycles. The van der Waals surface area contributed by atoms with Crippen LogP contribution in [0.1, 0.15) is 20.3 Å². The number of hydrogen-bond donors (Lipinski definition) is 4. The summed E-state index contributed by atoms with van der Waals surface area (Å²) in [6, 6.07) is 0. The summed E-state index contributed by atoms with van der Waals surface area (Å²) in [5, 5.41) is 37.9. The molecule has 0 unspecified atom stereocenters. The highest BCUT2D eigenvalue weighted by atomic mass is 16.5. The lowest BCUT2D eigenvalue weighted by Crippen LogP contribution is -2.60. The summed E-state index contributed by atoms with van der Waals surface area (Å²) in [6.07, 6.45) is -5.13. The third-order valence-electron chi connectivity index (χ3n) is 2.97. The second-order valence-electron chi connectivity index (χ2n) is 4.62. The van der Waals surface area contributed by atoms with Crippen molar-refractivity contribution in [3.63, 3.8) is 0 Å².